The molecule has 6 heteroatoms. The Labute approximate surface area is 164 Å². The second-order valence-corrected chi connectivity index (χ2v) is 7.67. The molecule has 2 fully saturated rings. The molecule has 0 unspecified atom stereocenters. The van der Waals surface area contributed by atoms with Crippen molar-refractivity contribution >= 4 is 11.8 Å². The Kier molecular flexibility index (Phi) is 5.13. The number of likely N-dealkylation sites (N-methyl/N-ethyl adjacent to an activating group) is 1. The molecule has 3 atom stereocenters. The summed E-state index contributed by atoms with van der Waals surface area (Å²) in [6.45, 7) is 0.330. The zero-order valence-corrected chi connectivity index (χ0v) is 15.9. The van der Waals surface area contributed by atoms with Crippen LogP contribution in [0.1, 0.15) is 34.8 Å². The number of aromatic nitrogens is 1. The first-order chi connectivity index (χ1) is 13.6. The summed E-state index contributed by atoms with van der Waals surface area (Å²) in [7, 11) is 1.74. The van der Waals surface area contributed by atoms with Crippen molar-refractivity contribution in [2.75, 3.05) is 20.2 Å². The third-order valence-electron chi connectivity index (χ3n) is 5.79. The Morgan fingerprint density at radius 1 is 1.11 bits per heavy atom. The summed E-state index contributed by atoms with van der Waals surface area (Å²) in [5.41, 5.74) is 1.48. The Morgan fingerprint density at radius 3 is 2.43 bits per heavy atom. The quantitative estimate of drug-likeness (QED) is 0.832. The molecular formula is C22H25N3O3. The minimum atomic E-state index is -0.237. The van der Waals surface area contributed by atoms with Gasteiger partial charge < -0.3 is 14.9 Å². The lowest BCUT2D eigenvalue weighted by atomic mass is 9.74. The van der Waals surface area contributed by atoms with E-state index < -0.39 is 0 Å². The van der Waals surface area contributed by atoms with Gasteiger partial charge in [0.25, 0.3) is 5.91 Å². The van der Waals surface area contributed by atoms with Gasteiger partial charge in [-0.05, 0) is 30.5 Å². The number of nitrogens with zero attached hydrogens (tertiary/aromatic N) is 3. The Balaban J connectivity index is 1.58. The highest BCUT2D eigenvalue weighted by Crippen LogP contribution is 2.44. The van der Waals surface area contributed by atoms with E-state index in [0.29, 0.717) is 12.2 Å². The summed E-state index contributed by atoms with van der Waals surface area (Å²) < 4.78 is 0. The topological polar surface area (TPSA) is 73.7 Å². The first-order valence-electron chi connectivity index (χ1n) is 9.76. The molecule has 2 amide bonds. The van der Waals surface area contributed by atoms with E-state index in [2.05, 4.69) is 4.98 Å². The monoisotopic (exact) mass is 379 g/mol. The number of hydrogen-bond donors (Lipinski definition) is 1. The smallest absolute Gasteiger partial charge is 0.272 e. The number of amides is 2. The van der Waals surface area contributed by atoms with Gasteiger partial charge in [0.1, 0.15) is 5.69 Å². The highest BCUT2D eigenvalue weighted by molar-refractivity contribution is 5.92. The molecular weight excluding hydrogens is 354 g/mol. The van der Waals surface area contributed by atoms with E-state index in [4.69, 9.17) is 0 Å². The standard InChI is InChI=1S/C22H25N3O3/c1-24(22(28)17-9-5-6-12-23-17)13-18-20(15-7-3-2-4-8-15)19(14-26)25(18)21(27)16-10-11-16/h2-9,12,16,18-20,26H,10-11,13-14H2,1H3/t18-,19+,20+/m1/s1. The molecule has 28 heavy (non-hydrogen) atoms. The van der Waals surface area contributed by atoms with Crippen LogP contribution in [-0.4, -0.2) is 64.0 Å². The minimum Gasteiger partial charge on any atom is -0.394 e. The molecule has 2 aliphatic rings. The maximum Gasteiger partial charge on any atom is 0.272 e. The van der Waals surface area contributed by atoms with Gasteiger partial charge in [0.15, 0.2) is 0 Å². The van der Waals surface area contributed by atoms with Gasteiger partial charge in [-0.2, -0.15) is 0 Å². The van der Waals surface area contributed by atoms with E-state index in [0.717, 1.165) is 18.4 Å². The fourth-order valence-corrected chi connectivity index (χ4v) is 4.19. The maximum absolute atomic E-state index is 12.9. The molecule has 1 aromatic carbocycles. The van der Waals surface area contributed by atoms with Crippen LogP contribution in [-0.2, 0) is 4.79 Å². The molecule has 2 aromatic rings. The van der Waals surface area contributed by atoms with Crippen molar-refractivity contribution in [3.8, 4) is 0 Å². The van der Waals surface area contributed by atoms with Gasteiger partial charge >= 0.3 is 0 Å². The van der Waals surface area contributed by atoms with Gasteiger partial charge in [0, 0.05) is 31.6 Å². The van der Waals surface area contributed by atoms with Crippen molar-refractivity contribution < 1.29 is 14.7 Å². The van der Waals surface area contributed by atoms with Crippen LogP contribution in [0.3, 0.4) is 0 Å². The zero-order valence-electron chi connectivity index (χ0n) is 15.9. The number of carbonyl (C=O) groups excluding carboxylic acids is 2. The molecule has 1 aromatic heterocycles. The average molecular weight is 379 g/mol. The number of aliphatic hydroxyl groups excluding tert-OH is 1. The Hall–Kier alpha value is -2.73. The average Bonchev–Trinajstić information content (AvgIpc) is 3.57. The molecule has 0 spiro atoms. The number of hydrogen-bond acceptors (Lipinski definition) is 4. The predicted molar refractivity (Wildman–Crippen MR) is 105 cm³/mol. The van der Waals surface area contributed by atoms with Crippen LogP contribution in [0.15, 0.2) is 54.7 Å². The first-order valence-corrected chi connectivity index (χ1v) is 9.76. The predicted octanol–water partition coefficient (Wildman–Crippen LogP) is 1.92. The van der Waals surface area contributed by atoms with Crippen LogP contribution < -0.4 is 0 Å². The zero-order chi connectivity index (χ0) is 19.7. The van der Waals surface area contributed by atoms with Crippen LogP contribution in [0.5, 0.6) is 0 Å². The number of benzene rings is 1. The van der Waals surface area contributed by atoms with Gasteiger partial charge in [0.05, 0.1) is 18.7 Å². The van der Waals surface area contributed by atoms with Gasteiger partial charge in [-0.15, -0.1) is 0 Å². The van der Waals surface area contributed by atoms with Gasteiger partial charge in [-0.1, -0.05) is 36.4 Å². The summed E-state index contributed by atoms with van der Waals surface area (Å²) in [4.78, 5) is 33.2. The third-order valence-corrected chi connectivity index (χ3v) is 5.79. The van der Waals surface area contributed by atoms with E-state index in [9.17, 15) is 14.7 Å². The van der Waals surface area contributed by atoms with E-state index in [1.807, 2.05) is 35.2 Å². The van der Waals surface area contributed by atoms with E-state index in [-0.39, 0.29) is 42.3 Å². The number of carbonyl (C=O) groups is 2. The van der Waals surface area contributed by atoms with Crippen LogP contribution >= 0.6 is 0 Å². The van der Waals surface area contributed by atoms with Gasteiger partial charge in [0.2, 0.25) is 5.91 Å². The highest BCUT2D eigenvalue weighted by atomic mass is 16.3. The summed E-state index contributed by atoms with van der Waals surface area (Å²) in [6, 6.07) is 14.8. The molecule has 1 aliphatic carbocycles. The molecule has 0 bridgehead atoms. The lowest BCUT2D eigenvalue weighted by Gasteiger charge is -2.56. The molecule has 146 valence electrons. The first kappa shape index (κ1) is 18.6. The fourth-order valence-electron chi connectivity index (χ4n) is 4.19. The number of likely N-dealkylation sites (tertiary alicyclic amines) is 1. The lowest BCUT2D eigenvalue weighted by molar-refractivity contribution is -0.153. The van der Waals surface area contributed by atoms with Crippen LogP contribution in [0.4, 0.5) is 0 Å². The van der Waals surface area contributed by atoms with Gasteiger partial charge in [-0.3, -0.25) is 14.6 Å². The molecule has 2 heterocycles. The van der Waals surface area contributed by atoms with Crippen molar-refractivity contribution in [1.29, 1.82) is 0 Å². The van der Waals surface area contributed by atoms with Crippen LogP contribution in [0.25, 0.3) is 0 Å². The van der Waals surface area contributed by atoms with E-state index in [1.165, 1.54) is 0 Å². The fraction of sp³-hybridized carbons (Fsp3) is 0.409. The molecule has 0 radical (unpaired) electrons. The van der Waals surface area contributed by atoms with Crippen molar-refractivity contribution in [2.45, 2.75) is 30.8 Å². The van der Waals surface area contributed by atoms with Crippen LogP contribution in [0, 0.1) is 5.92 Å². The molecule has 1 N–H and O–H groups in total. The normalized spacial score (nSPS) is 23.8. The number of rotatable bonds is 6. The minimum absolute atomic E-state index is 0.00730. The summed E-state index contributed by atoms with van der Waals surface area (Å²) in [6.07, 6.45) is 3.43. The Morgan fingerprint density at radius 2 is 1.82 bits per heavy atom. The summed E-state index contributed by atoms with van der Waals surface area (Å²) in [5.74, 6) is 0.0200. The maximum atomic E-state index is 12.9. The SMILES string of the molecule is CN(C[C@@H]1[C@H](c2ccccc2)[C@H](CO)N1C(=O)C1CC1)C(=O)c1ccccn1. The molecule has 6 nitrogen and oxygen atoms in total. The summed E-state index contributed by atoms with van der Waals surface area (Å²) >= 11 is 0. The summed E-state index contributed by atoms with van der Waals surface area (Å²) in [5, 5.41) is 9.99. The van der Waals surface area contributed by atoms with Crippen molar-refractivity contribution in [2.24, 2.45) is 5.92 Å². The number of aliphatic hydroxyl groups is 1. The van der Waals surface area contributed by atoms with Crippen molar-refractivity contribution in [3.63, 3.8) is 0 Å². The second-order valence-electron chi connectivity index (χ2n) is 7.67. The molecule has 1 saturated carbocycles. The highest BCUT2D eigenvalue weighted by Gasteiger charge is 2.53. The second kappa shape index (κ2) is 7.72. The molecule has 4 rings (SSSR count). The van der Waals surface area contributed by atoms with Crippen molar-refractivity contribution in [1.82, 2.24) is 14.8 Å². The van der Waals surface area contributed by atoms with Crippen LogP contribution in [0.2, 0.25) is 0 Å². The number of pyridine rings is 1. The largest absolute Gasteiger partial charge is 0.394 e. The van der Waals surface area contributed by atoms with Crippen molar-refractivity contribution in [3.05, 3.63) is 66.0 Å². The Bertz CT molecular complexity index is 839. The van der Waals surface area contributed by atoms with E-state index >= 15 is 0 Å². The molecule has 1 saturated heterocycles. The lowest BCUT2D eigenvalue weighted by Crippen LogP contribution is -2.69. The van der Waals surface area contributed by atoms with Gasteiger partial charge in [-0.25, -0.2) is 0 Å². The third kappa shape index (κ3) is 3.40. The molecule has 1 aliphatic heterocycles. The van der Waals surface area contributed by atoms with E-state index in [1.54, 1.807) is 36.3 Å².